The minimum absolute atomic E-state index is 0.0834. The van der Waals surface area contributed by atoms with Crippen LogP contribution in [0.25, 0.3) is 5.76 Å². The van der Waals surface area contributed by atoms with Crippen LogP contribution in [0.1, 0.15) is 24.0 Å². The quantitative estimate of drug-likeness (QED) is 0.346. The Morgan fingerprint density at radius 2 is 1.78 bits per heavy atom. The lowest BCUT2D eigenvalue weighted by Crippen LogP contribution is -2.67. The van der Waals surface area contributed by atoms with Crippen LogP contribution in [0, 0.1) is 11.8 Å². The minimum Gasteiger partial charge on any atom is -0.508 e. The molecule has 1 aromatic rings. The van der Waals surface area contributed by atoms with Crippen LogP contribution >= 0.6 is 0 Å². The number of phenols is 1. The van der Waals surface area contributed by atoms with Crippen molar-refractivity contribution in [3.63, 3.8) is 0 Å². The number of hydrogen-bond acceptors (Lipinski definition) is 10. The molecule has 6 rings (SSSR count). The van der Waals surface area contributed by atoms with Gasteiger partial charge in [-0.1, -0.05) is 0 Å². The number of ether oxygens (including phenoxy) is 1. The zero-order valence-corrected chi connectivity index (χ0v) is 20.1. The third-order valence-electron chi connectivity index (χ3n) is 8.66. The molecule has 1 amide bonds. The molecule has 0 aromatic heterocycles. The van der Waals surface area contributed by atoms with Crippen LogP contribution in [0.15, 0.2) is 29.0 Å². The average Bonchev–Trinajstić information content (AvgIpc) is 2.82. The van der Waals surface area contributed by atoms with Gasteiger partial charge in [0.25, 0.3) is 5.91 Å². The number of nitrogens with two attached hydrogens (primary N) is 1. The minimum atomic E-state index is -2.64. The van der Waals surface area contributed by atoms with Crippen molar-refractivity contribution in [2.24, 2.45) is 17.6 Å². The Balaban J connectivity index is 1.53. The van der Waals surface area contributed by atoms with Crippen LogP contribution in [-0.2, 0) is 25.5 Å². The summed E-state index contributed by atoms with van der Waals surface area (Å²) in [5.74, 6) is -6.37. The zero-order valence-electron chi connectivity index (χ0n) is 20.1. The lowest BCUT2D eigenvalue weighted by molar-refractivity contribution is -0.157. The number of morpholine rings is 1. The average molecular weight is 512 g/mol. The topological polar surface area (TPSA) is 174 Å². The Morgan fingerprint density at radius 1 is 1.08 bits per heavy atom. The van der Waals surface area contributed by atoms with E-state index in [0.29, 0.717) is 38.3 Å². The lowest BCUT2D eigenvalue weighted by Gasteiger charge is -2.51. The highest BCUT2D eigenvalue weighted by Crippen LogP contribution is 2.54. The second-order valence-electron chi connectivity index (χ2n) is 10.4. The van der Waals surface area contributed by atoms with E-state index in [4.69, 9.17) is 10.5 Å². The second-order valence-corrected chi connectivity index (χ2v) is 10.4. The maximum atomic E-state index is 14.0. The molecule has 1 saturated carbocycles. The number of ketones is 2. The van der Waals surface area contributed by atoms with Gasteiger partial charge >= 0.3 is 0 Å². The number of amides is 1. The zero-order chi connectivity index (χ0) is 26.2. The number of rotatable bonds is 3. The number of aliphatic hydroxyl groups excluding tert-OH is 2. The van der Waals surface area contributed by atoms with Gasteiger partial charge in [-0.3, -0.25) is 19.3 Å². The molecule has 11 heteroatoms. The van der Waals surface area contributed by atoms with Crippen molar-refractivity contribution in [3.05, 3.63) is 40.2 Å². The summed E-state index contributed by atoms with van der Waals surface area (Å²) in [7, 11) is 0. The van der Waals surface area contributed by atoms with Gasteiger partial charge in [0.05, 0.1) is 24.8 Å². The first-order valence-corrected chi connectivity index (χ1v) is 12.6. The third-order valence-corrected chi connectivity index (χ3v) is 8.66. The summed E-state index contributed by atoms with van der Waals surface area (Å²) in [6.07, 6.45) is 1.40. The van der Waals surface area contributed by atoms with Gasteiger partial charge in [0.1, 0.15) is 22.8 Å². The molecule has 6 N–H and O–H groups in total. The van der Waals surface area contributed by atoms with Crippen LogP contribution in [0.4, 0.5) is 5.69 Å². The Labute approximate surface area is 212 Å². The summed E-state index contributed by atoms with van der Waals surface area (Å²) in [4.78, 5) is 43.6. The number of aromatic hydroxyl groups is 1. The van der Waals surface area contributed by atoms with Gasteiger partial charge < -0.3 is 35.8 Å². The first-order valence-electron chi connectivity index (χ1n) is 12.6. The fraction of sp³-hybridized carbons (Fsp3) is 0.500. The molecule has 2 aliphatic heterocycles. The summed E-state index contributed by atoms with van der Waals surface area (Å²) in [6, 6.07) is 2.17. The van der Waals surface area contributed by atoms with Crippen molar-refractivity contribution >= 4 is 28.9 Å². The van der Waals surface area contributed by atoms with Crippen molar-refractivity contribution in [1.29, 1.82) is 0 Å². The van der Waals surface area contributed by atoms with Crippen molar-refractivity contribution in [2.75, 3.05) is 44.3 Å². The Bertz CT molecular complexity index is 1290. The fourth-order valence-corrected chi connectivity index (χ4v) is 6.76. The van der Waals surface area contributed by atoms with Crippen molar-refractivity contribution in [2.45, 2.75) is 30.9 Å². The van der Waals surface area contributed by atoms with Crippen LogP contribution in [0.3, 0.4) is 0 Å². The highest BCUT2D eigenvalue weighted by atomic mass is 16.5. The molecule has 0 spiro atoms. The number of Topliss-reactive ketones (excluding diaryl/α,β-unsaturated/α-hetero) is 2. The van der Waals surface area contributed by atoms with Crippen LogP contribution in [-0.4, -0.2) is 93.8 Å². The lowest BCUT2D eigenvalue weighted by atomic mass is 9.57. The van der Waals surface area contributed by atoms with E-state index in [1.165, 1.54) is 6.07 Å². The standard InChI is InChI=1S/C26H29N3O8/c27-25(35)19-22(32)20(29-6-8-37-9-7-29)14-11-12-10-13-15(28-4-1-5-28)2-3-16(30)18(13)21(31)17(12)23(33)26(14,36)24(19)34/h2-3,12,14,20,30-31,34,36H,1,4-11H2,(H2,27,35)/t12-,14?,20+,26-/m0/s1. The van der Waals surface area contributed by atoms with Gasteiger partial charge in [-0.2, -0.15) is 0 Å². The first kappa shape index (κ1) is 24.0. The van der Waals surface area contributed by atoms with E-state index in [1.807, 2.05) is 0 Å². The molecule has 3 fully saturated rings. The Morgan fingerprint density at radius 3 is 2.41 bits per heavy atom. The molecule has 0 bridgehead atoms. The summed E-state index contributed by atoms with van der Waals surface area (Å²) in [5.41, 5.74) is 3.55. The summed E-state index contributed by atoms with van der Waals surface area (Å²) in [6.45, 7) is 2.99. The predicted molar refractivity (Wildman–Crippen MR) is 130 cm³/mol. The highest BCUT2D eigenvalue weighted by molar-refractivity contribution is 6.24. The number of phenolic OH excluding ortho intramolecular Hbond substituents is 1. The summed E-state index contributed by atoms with van der Waals surface area (Å²) in [5, 5.41) is 44.8. The third kappa shape index (κ3) is 3.20. The van der Waals surface area contributed by atoms with Gasteiger partial charge in [0.2, 0.25) is 5.78 Å². The maximum absolute atomic E-state index is 14.0. The number of anilines is 1. The molecular weight excluding hydrogens is 482 g/mol. The van der Waals surface area contributed by atoms with Crippen LogP contribution in [0.2, 0.25) is 0 Å². The SMILES string of the molecule is NC(=O)C1=C(O)[C@@]2(O)C(=O)C3=C(O)c4c(O)ccc(N5CCC5)c4C[C@H]3CC2[C@@H](N2CCOCC2)C1=O. The van der Waals surface area contributed by atoms with Gasteiger partial charge in [0, 0.05) is 43.4 Å². The highest BCUT2D eigenvalue weighted by Gasteiger charge is 2.64. The van der Waals surface area contributed by atoms with E-state index in [0.717, 1.165) is 25.2 Å². The Hall–Kier alpha value is -3.41. The molecule has 1 unspecified atom stereocenters. The molecule has 0 radical (unpaired) electrons. The van der Waals surface area contributed by atoms with E-state index in [9.17, 15) is 34.8 Å². The number of hydrogen-bond donors (Lipinski definition) is 5. The number of primary amides is 1. The van der Waals surface area contributed by atoms with E-state index < -0.39 is 58.0 Å². The van der Waals surface area contributed by atoms with E-state index in [-0.39, 0.29) is 23.3 Å². The number of carbonyl (C=O) groups is 3. The molecule has 3 aliphatic carbocycles. The van der Waals surface area contributed by atoms with Crippen LogP contribution in [0.5, 0.6) is 5.75 Å². The smallest absolute Gasteiger partial charge is 0.255 e. The maximum Gasteiger partial charge on any atom is 0.255 e. The molecule has 2 saturated heterocycles. The van der Waals surface area contributed by atoms with Crippen molar-refractivity contribution in [3.8, 4) is 5.75 Å². The predicted octanol–water partition coefficient (Wildman–Crippen LogP) is -0.0553. The Kier molecular flexibility index (Phi) is 5.38. The molecule has 5 aliphatic rings. The van der Waals surface area contributed by atoms with Crippen molar-refractivity contribution < 1.29 is 39.5 Å². The number of nitrogens with zero attached hydrogens (tertiary/aromatic N) is 2. The summed E-state index contributed by atoms with van der Waals surface area (Å²) >= 11 is 0. The van der Waals surface area contributed by atoms with E-state index in [2.05, 4.69) is 4.90 Å². The van der Waals surface area contributed by atoms with E-state index >= 15 is 0 Å². The number of carbonyl (C=O) groups excluding carboxylic acids is 3. The number of fused-ring (bicyclic) bond motifs is 3. The van der Waals surface area contributed by atoms with E-state index in [1.54, 1.807) is 11.0 Å². The largest absolute Gasteiger partial charge is 0.508 e. The molecule has 196 valence electrons. The second kappa shape index (κ2) is 8.30. The molecule has 37 heavy (non-hydrogen) atoms. The molecule has 4 atom stereocenters. The molecule has 2 heterocycles. The normalized spacial score (nSPS) is 32.0. The molecule has 1 aromatic carbocycles. The first-order chi connectivity index (χ1) is 17.7. The number of aliphatic hydroxyl groups is 3. The molecular formula is C26H29N3O8. The van der Waals surface area contributed by atoms with Crippen molar-refractivity contribution in [1.82, 2.24) is 4.90 Å². The van der Waals surface area contributed by atoms with Crippen LogP contribution < -0.4 is 10.6 Å². The monoisotopic (exact) mass is 511 g/mol. The summed E-state index contributed by atoms with van der Waals surface area (Å²) < 4.78 is 5.40. The van der Waals surface area contributed by atoms with Gasteiger partial charge in [-0.15, -0.1) is 0 Å². The van der Waals surface area contributed by atoms with Gasteiger partial charge in [-0.05, 0) is 42.9 Å². The van der Waals surface area contributed by atoms with Gasteiger partial charge in [0.15, 0.2) is 11.4 Å². The molecule has 11 nitrogen and oxygen atoms in total. The fourth-order valence-electron chi connectivity index (χ4n) is 6.76. The van der Waals surface area contributed by atoms with Gasteiger partial charge in [-0.25, -0.2) is 0 Å². The number of benzene rings is 1.